The molecule has 0 aliphatic heterocycles. The van der Waals surface area contributed by atoms with Gasteiger partial charge in [-0.1, -0.05) is 0 Å². The second-order valence-electron chi connectivity index (χ2n) is 4.02. The zero-order valence-corrected chi connectivity index (χ0v) is 9.99. The van der Waals surface area contributed by atoms with Crippen LogP contribution < -0.4 is 0 Å². The molecule has 4 heteroatoms. The number of nitrogens with zero attached hydrogens (tertiary/aromatic N) is 2. The maximum Gasteiger partial charge on any atom is 0.162 e. The molecule has 0 bridgehead atoms. The molecule has 0 saturated carbocycles. The molecular weight excluding hydrogens is 219 g/mol. The minimum Gasteiger partial charge on any atom is -0.303 e. The van der Waals surface area contributed by atoms with Crippen molar-refractivity contribution in [2.24, 2.45) is 0 Å². The number of carbonyl (C=O) groups is 1. The van der Waals surface area contributed by atoms with Gasteiger partial charge in [0.25, 0.3) is 0 Å². The number of halogens is 1. The Kier molecular flexibility index (Phi) is 2.79. The molecular formula is C13H13FN2O. The van der Waals surface area contributed by atoms with Crippen LogP contribution in [0.5, 0.6) is 0 Å². The maximum atomic E-state index is 13.5. The van der Waals surface area contributed by atoms with Crippen LogP contribution in [0.2, 0.25) is 0 Å². The monoisotopic (exact) mass is 232 g/mol. The van der Waals surface area contributed by atoms with Gasteiger partial charge in [0.05, 0.1) is 5.69 Å². The fourth-order valence-electron chi connectivity index (χ4n) is 1.78. The number of hydrogen-bond acceptors (Lipinski definition) is 2. The highest BCUT2D eigenvalue weighted by Gasteiger charge is 2.13. The van der Waals surface area contributed by atoms with E-state index in [1.165, 1.54) is 13.0 Å². The average Bonchev–Trinajstić information content (AvgIpc) is 2.67. The van der Waals surface area contributed by atoms with E-state index >= 15 is 0 Å². The third kappa shape index (κ3) is 1.98. The molecule has 0 aliphatic carbocycles. The highest BCUT2D eigenvalue weighted by molar-refractivity contribution is 5.97. The van der Waals surface area contributed by atoms with E-state index in [0.29, 0.717) is 16.8 Å². The Balaban J connectivity index is 2.72. The third-order valence-corrected chi connectivity index (χ3v) is 2.74. The summed E-state index contributed by atoms with van der Waals surface area (Å²) < 4.78 is 15.3. The van der Waals surface area contributed by atoms with Gasteiger partial charge >= 0.3 is 0 Å². The van der Waals surface area contributed by atoms with Gasteiger partial charge in [-0.25, -0.2) is 9.37 Å². The van der Waals surface area contributed by atoms with Crippen LogP contribution >= 0.6 is 0 Å². The quantitative estimate of drug-likeness (QED) is 0.746. The van der Waals surface area contributed by atoms with E-state index < -0.39 is 0 Å². The number of carbonyl (C=O) groups excluding carboxylic acids is 1. The number of Topliss-reactive ketones (excluding diaryl/α,β-unsaturated/α-hetero) is 1. The summed E-state index contributed by atoms with van der Waals surface area (Å²) in [6, 6.07) is 2.95. The molecule has 0 fully saturated rings. The molecule has 0 aliphatic rings. The third-order valence-electron chi connectivity index (χ3n) is 2.74. The zero-order chi connectivity index (χ0) is 12.6. The van der Waals surface area contributed by atoms with Crippen molar-refractivity contribution in [2.45, 2.75) is 20.8 Å². The molecule has 0 atom stereocenters. The molecule has 0 radical (unpaired) electrons. The maximum absolute atomic E-state index is 13.5. The van der Waals surface area contributed by atoms with Gasteiger partial charge in [0.15, 0.2) is 5.78 Å². The molecule has 17 heavy (non-hydrogen) atoms. The standard InChI is InChI=1S/C13H13FN2O/c1-8-6-13(16-5-4-15-10(16)3)11(9(2)17)7-12(8)14/h4-7H,1-3H3. The Hall–Kier alpha value is -1.97. The van der Waals surface area contributed by atoms with Crippen molar-refractivity contribution < 1.29 is 9.18 Å². The molecule has 1 heterocycles. The van der Waals surface area contributed by atoms with E-state index in [1.54, 1.807) is 30.0 Å². The van der Waals surface area contributed by atoms with Crippen LogP contribution in [0.15, 0.2) is 24.5 Å². The van der Waals surface area contributed by atoms with Crippen molar-refractivity contribution in [1.82, 2.24) is 9.55 Å². The van der Waals surface area contributed by atoms with Gasteiger partial charge in [-0.05, 0) is 38.5 Å². The number of rotatable bonds is 2. The summed E-state index contributed by atoms with van der Waals surface area (Å²) in [5, 5.41) is 0. The molecule has 3 nitrogen and oxygen atoms in total. The van der Waals surface area contributed by atoms with Crippen LogP contribution in [0.4, 0.5) is 4.39 Å². The highest BCUT2D eigenvalue weighted by atomic mass is 19.1. The fourth-order valence-corrected chi connectivity index (χ4v) is 1.78. The van der Waals surface area contributed by atoms with Crippen LogP contribution in [0.25, 0.3) is 5.69 Å². The highest BCUT2D eigenvalue weighted by Crippen LogP contribution is 2.21. The van der Waals surface area contributed by atoms with Gasteiger partial charge in [-0.2, -0.15) is 0 Å². The average molecular weight is 232 g/mol. The molecule has 0 spiro atoms. The first-order valence-electron chi connectivity index (χ1n) is 5.32. The van der Waals surface area contributed by atoms with Crippen molar-refractivity contribution in [2.75, 3.05) is 0 Å². The molecule has 0 N–H and O–H groups in total. The molecule has 0 saturated heterocycles. The number of aryl methyl sites for hydroxylation is 2. The first-order valence-corrected chi connectivity index (χ1v) is 5.32. The Morgan fingerprint density at radius 3 is 2.59 bits per heavy atom. The summed E-state index contributed by atoms with van der Waals surface area (Å²) in [7, 11) is 0. The van der Waals surface area contributed by atoms with Crippen molar-refractivity contribution in [3.8, 4) is 5.69 Å². The Bertz CT molecular complexity index is 587. The number of hydrogen-bond donors (Lipinski definition) is 0. The molecule has 1 aromatic heterocycles. The Morgan fingerprint density at radius 1 is 1.35 bits per heavy atom. The van der Waals surface area contributed by atoms with Gasteiger partial charge < -0.3 is 4.57 Å². The first-order chi connectivity index (χ1) is 8.00. The van der Waals surface area contributed by atoms with Crippen molar-refractivity contribution in [1.29, 1.82) is 0 Å². The smallest absolute Gasteiger partial charge is 0.162 e. The molecule has 0 unspecified atom stereocenters. The summed E-state index contributed by atoms with van der Waals surface area (Å²) in [5.74, 6) is 0.238. The predicted octanol–water partition coefficient (Wildman–Crippen LogP) is 2.83. The lowest BCUT2D eigenvalue weighted by Gasteiger charge is -2.11. The number of ketones is 1. The second kappa shape index (κ2) is 4.13. The summed E-state index contributed by atoms with van der Waals surface area (Å²) in [5.41, 5.74) is 1.55. The van der Waals surface area contributed by atoms with E-state index in [9.17, 15) is 9.18 Å². The lowest BCUT2D eigenvalue weighted by atomic mass is 10.1. The van der Waals surface area contributed by atoms with Gasteiger partial charge in [-0.3, -0.25) is 4.79 Å². The molecule has 0 amide bonds. The second-order valence-corrected chi connectivity index (χ2v) is 4.02. The van der Waals surface area contributed by atoms with E-state index in [0.717, 1.165) is 5.82 Å². The number of aromatic nitrogens is 2. The lowest BCUT2D eigenvalue weighted by molar-refractivity contribution is 0.101. The summed E-state index contributed by atoms with van der Waals surface area (Å²) in [6.07, 6.45) is 3.41. The van der Waals surface area contributed by atoms with Crippen molar-refractivity contribution in [3.63, 3.8) is 0 Å². The molecule has 88 valence electrons. The predicted molar refractivity (Wildman–Crippen MR) is 63.0 cm³/mol. The fraction of sp³-hybridized carbons (Fsp3) is 0.231. The normalized spacial score (nSPS) is 10.6. The minimum absolute atomic E-state index is 0.160. The van der Waals surface area contributed by atoms with E-state index in [4.69, 9.17) is 0 Å². The topological polar surface area (TPSA) is 34.9 Å². The largest absolute Gasteiger partial charge is 0.303 e. The first kappa shape index (κ1) is 11.5. The van der Waals surface area contributed by atoms with Gasteiger partial charge in [0.1, 0.15) is 11.6 Å². The SMILES string of the molecule is CC(=O)c1cc(F)c(C)cc1-n1ccnc1C. The molecule has 2 aromatic rings. The number of imidazole rings is 1. The van der Waals surface area contributed by atoms with Crippen molar-refractivity contribution >= 4 is 5.78 Å². The van der Waals surface area contributed by atoms with Crippen LogP contribution in [-0.4, -0.2) is 15.3 Å². The lowest BCUT2D eigenvalue weighted by Crippen LogP contribution is -2.06. The summed E-state index contributed by atoms with van der Waals surface area (Å²) in [6.45, 7) is 4.94. The van der Waals surface area contributed by atoms with Gasteiger partial charge in [0, 0.05) is 18.0 Å². The van der Waals surface area contributed by atoms with Gasteiger partial charge in [0.2, 0.25) is 0 Å². The van der Waals surface area contributed by atoms with Crippen LogP contribution in [-0.2, 0) is 0 Å². The Labute approximate surface area is 98.9 Å². The summed E-state index contributed by atoms with van der Waals surface area (Å²) in [4.78, 5) is 15.6. The summed E-state index contributed by atoms with van der Waals surface area (Å²) >= 11 is 0. The van der Waals surface area contributed by atoms with Gasteiger partial charge in [-0.15, -0.1) is 0 Å². The van der Waals surface area contributed by atoms with E-state index in [2.05, 4.69) is 4.98 Å². The number of benzene rings is 1. The minimum atomic E-state index is -0.364. The molecule has 2 rings (SSSR count). The van der Waals surface area contributed by atoms with E-state index in [-0.39, 0.29) is 11.6 Å². The Morgan fingerprint density at radius 2 is 2.06 bits per heavy atom. The van der Waals surface area contributed by atoms with Crippen LogP contribution in [0.1, 0.15) is 28.7 Å². The van der Waals surface area contributed by atoms with Crippen molar-refractivity contribution in [3.05, 3.63) is 47.3 Å². The zero-order valence-electron chi connectivity index (χ0n) is 9.99. The van der Waals surface area contributed by atoms with Crippen LogP contribution in [0.3, 0.4) is 0 Å². The molecule has 1 aromatic carbocycles. The van der Waals surface area contributed by atoms with Crippen LogP contribution in [0, 0.1) is 19.7 Å². The van der Waals surface area contributed by atoms with E-state index in [1.807, 2.05) is 6.92 Å².